The van der Waals surface area contributed by atoms with Crippen LogP contribution in [-0.4, -0.2) is 40.8 Å². The maximum absolute atomic E-state index is 13.4. The Bertz CT molecular complexity index is 626. The minimum Gasteiger partial charge on any atom is -0.481 e. The Morgan fingerprint density at radius 1 is 1.38 bits per heavy atom. The largest absolute Gasteiger partial charge is 0.481 e. The Labute approximate surface area is 141 Å². The van der Waals surface area contributed by atoms with Crippen LogP contribution in [0.15, 0.2) is 24.3 Å². The van der Waals surface area contributed by atoms with E-state index in [0.29, 0.717) is 24.9 Å². The zero-order chi connectivity index (χ0) is 18.0. The lowest BCUT2D eigenvalue weighted by molar-refractivity contribution is -0.152. The van der Waals surface area contributed by atoms with E-state index in [1.54, 1.807) is 32.9 Å². The summed E-state index contributed by atoms with van der Waals surface area (Å²) in [5.74, 6) is -1.37. The van der Waals surface area contributed by atoms with Crippen molar-refractivity contribution in [2.24, 2.45) is 5.41 Å². The highest BCUT2D eigenvalue weighted by atomic mass is 19.1. The average Bonchev–Trinajstić information content (AvgIpc) is 2.45. The van der Waals surface area contributed by atoms with Gasteiger partial charge in [-0.15, -0.1) is 0 Å². The highest BCUT2D eigenvalue weighted by Crippen LogP contribution is 2.35. The molecule has 0 aliphatic carbocycles. The van der Waals surface area contributed by atoms with Crippen LogP contribution in [0.25, 0.3) is 0 Å². The van der Waals surface area contributed by atoms with Gasteiger partial charge in [0.25, 0.3) is 0 Å². The molecule has 1 N–H and O–H groups in total. The van der Waals surface area contributed by atoms with Gasteiger partial charge in [0.15, 0.2) is 0 Å². The summed E-state index contributed by atoms with van der Waals surface area (Å²) in [5, 5.41) is 9.78. The van der Waals surface area contributed by atoms with Crippen molar-refractivity contribution in [1.82, 2.24) is 4.90 Å². The first-order valence-corrected chi connectivity index (χ1v) is 8.07. The molecule has 1 aliphatic heterocycles. The van der Waals surface area contributed by atoms with E-state index >= 15 is 0 Å². The van der Waals surface area contributed by atoms with E-state index in [1.807, 2.05) is 0 Å². The number of ether oxygens (including phenoxy) is 1. The molecule has 1 fully saturated rings. The lowest BCUT2D eigenvalue weighted by Crippen LogP contribution is -2.52. The van der Waals surface area contributed by atoms with Gasteiger partial charge in [-0.25, -0.2) is 9.18 Å². The Balaban J connectivity index is 2.19. The van der Waals surface area contributed by atoms with Crippen molar-refractivity contribution in [3.05, 3.63) is 35.6 Å². The van der Waals surface area contributed by atoms with Gasteiger partial charge in [0.05, 0.1) is 5.41 Å². The average molecular weight is 337 g/mol. The van der Waals surface area contributed by atoms with E-state index in [4.69, 9.17) is 4.74 Å². The summed E-state index contributed by atoms with van der Waals surface area (Å²) in [6.45, 7) is 5.84. The fourth-order valence-electron chi connectivity index (χ4n) is 3.05. The van der Waals surface area contributed by atoms with Crippen molar-refractivity contribution in [1.29, 1.82) is 0 Å². The summed E-state index contributed by atoms with van der Waals surface area (Å²) < 4.78 is 18.8. The number of carboxylic acid groups (broad SMARTS) is 1. The number of carbonyl (C=O) groups excluding carboxylic acids is 1. The van der Waals surface area contributed by atoms with Gasteiger partial charge in [0.1, 0.15) is 11.4 Å². The molecule has 0 bridgehead atoms. The number of rotatable bonds is 3. The fraction of sp³-hybridized carbons (Fsp3) is 0.556. The lowest BCUT2D eigenvalue weighted by atomic mass is 9.75. The van der Waals surface area contributed by atoms with E-state index < -0.39 is 28.9 Å². The van der Waals surface area contributed by atoms with Gasteiger partial charge in [-0.05, 0) is 57.7 Å². The molecule has 0 aromatic heterocycles. The second kappa shape index (κ2) is 6.79. The number of hydrogen-bond donors (Lipinski definition) is 1. The van der Waals surface area contributed by atoms with Crippen molar-refractivity contribution in [3.63, 3.8) is 0 Å². The highest BCUT2D eigenvalue weighted by molar-refractivity contribution is 5.77. The molecule has 1 heterocycles. The van der Waals surface area contributed by atoms with Gasteiger partial charge in [-0.2, -0.15) is 0 Å². The van der Waals surface area contributed by atoms with E-state index in [2.05, 4.69) is 0 Å². The molecular weight excluding hydrogens is 313 g/mol. The third kappa shape index (κ3) is 4.46. The van der Waals surface area contributed by atoms with Crippen molar-refractivity contribution in [2.75, 3.05) is 13.1 Å². The number of piperidine rings is 1. The number of likely N-dealkylation sites (tertiary alicyclic amines) is 1. The van der Waals surface area contributed by atoms with Crippen LogP contribution in [0.4, 0.5) is 9.18 Å². The number of hydrogen-bond acceptors (Lipinski definition) is 3. The maximum atomic E-state index is 13.4. The van der Waals surface area contributed by atoms with Crippen LogP contribution in [0.2, 0.25) is 0 Å². The number of carboxylic acids is 1. The van der Waals surface area contributed by atoms with Gasteiger partial charge in [-0.3, -0.25) is 4.79 Å². The zero-order valence-corrected chi connectivity index (χ0v) is 14.3. The van der Waals surface area contributed by atoms with Gasteiger partial charge >= 0.3 is 12.1 Å². The molecule has 1 aliphatic rings. The summed E-state index contributed by atoms with van der Waals surface area (Å²) in [4.78, 5) is 25.7. The smallest absolute Gasteiger partial charge is 0.410 e. The topological polar surface area (TPSA) is 66.8 Å². The van der Waals surface area contributed by atoms with Crippen molar-refractivity contribution in [3.8, 4) is 0 Å². The molecule has 0 spiro atoms. The van der Waals surface area contributed by atoms with Crippen LogP contribution in [0.1, 0.15) is 39.2 Å². The van der Waals surface area contributed by atoms with E-state index in [1.165, 1.54) is 17.0 Å². The molecule has 1 aromatic carbocycles. The van der Waals surface area contributed by atoms with Crippen LogP contribution in [0.5, 0.6) is 0 Å². The normalized spacial score (nSPS) is 21.4. The number of benzene rings is 1. The van der Waals surface area contributed by atoms with E-state index in [-0.39, 0.29) is 13.0 Å². The lowest BCUT2D eigenvalue weighted by Gasteiger charge is -2.40. The minimum absolute atomic E-state index is 0.0633. The molecule has 0 unspecified atom stereocenters. The van der Waals surface area contributed by atoms with Crippen LogP contribution in [0, 0.1) is 11.2 Å². The third-order valence-electron chi connectivity index (χ3n) is 4.11. The molecule has 132 valence electrons. The molecule has 0 saturated carbocycles. The first-order chi connectivity index (χ1) is 11.1. The predicted octanol–water partition coefficient (Wildman–Crippen LogP) is 3.47. The van der Waals surface area contributed by atoms with E-state index in [9.17, 15) is 19.1 Å². The predicted molar refractivity (Wildman–Crippen MR) is 87.2 cm³/mol. The number of aliphatic carboxylic acids is 1. The first kappa shape index (κ1) is 18.2. The molecule has 5 nitrogen and oxygen atoms in total. The second-order valence-corrected chi connectivity index (χ2v) is 7.40. The summed E-state index contributed by atoms with van der Waals surface area (Å²) in [6.07, 6.45) is 0.686. The number of halogens is 1. The van der Waals surface area contributed by atoms with Crippen molar-refractivity contribution in [2.45, 2.75) is 45.6 Å². The molecule has 1 atom stereocenters. The van der Waals surface area contributed by atoms with Gasteiger partial charge in [0, 0.05) is 13.1 Å². The number of amides is 1. The minimum atomic E-state index is -1.12. The van der Waals surface area contributed by atoms with Gasteiger partial charge in [0.2, 0.25) is 0 Å². The number of carbonyl (C=O) groups is 2. The Hall–Kier alpha value is -2.11. The summed E-state index contributed by atoms with van der Waals surface area (Å²) in [6, 6.07) is 5.94. The molecule has 2 rings (SSSR count). The quantitative estimate of drug-likeness (QED) is 0.917. The third-order valence-corrected chi connectivity index (χ3v) is 4.11. The van der Waals surface area contributed by atoms with Crippen molar-refractivity contribution >= 4 is 12.1 Å². The molecular formula is C18H24FNO4. The standard InChI is InChI=1S/C18H24FNO4/c1-17(2,3)24-16(23)20-9-5-8-18(12-20,15(21)22)11-13-6-4-7-14(19)10-13/h4,6-7,10H,5,8-9,11-12H2,1-3H3,(H,21,22)/t18-/m1/s1. The Morgan fingerprint density at radius 2 is 2.08 bits per heavy atom. The molecule has 1 saturated heterocycles. The highest BCUT2D eigenvalue weighted by Gasteiger charge is 2.44. The van der Waals surface area contributed by atoms with Crippen LogP contribution in [-0.2, 0) is 16.0 Å². The SMILES string of the molecule is CC(C)(C)OC(=O)N1CCC[C@](Cc2cccc(F)c2)(C(=O)O)C1. The molecule has 0 radical (unpaired) electrons. The number of nitrogens with zero attached hydrogens (tertiary/aromatic N) is 1. The Morgan fingerprint density at radius 3 is 2.67 bits per heavy atom. The maximum Gasteiger partial charge on any atom is 0.410 e. The molecule has 24 heavy (non-hydrogen) atoms. The molecule has 1 amide bonds. The summed E-state index contributed by atoms with van der Waals surface area (Å²) in [5.41, 5.74) is -1.14. The fourth-order valence-corrected chi connectivity index (χ4v) is 3.05. The second-order valence-electron chi connectivity index (χ2n) is 7.40. The van der Waals surface area contributed by atoms with Crippen LogP contribution >= 0.6 is 0 Å². The van der Waals surface area contributed by atoms with Crippen LogP contribution < -0.4 is 0 Å². The summed E-state index contributed by atoms with van der Waals surface area (Å²) >= 11 is 0. The van der Waals surface area contributed by atoms with Gasteiger partial charge < -0.3 is 14.7 Å². The monoisotopic (exact) mass is 337 g/mol. The Kier molecular flexibility index (Phi) is 5.16. The summed E-state index contributed by atoms with van der Waals surface area (Å²) in [7, 11) is 0. The molecule has 6 heteroatoms. The zero-order valence-electron chi connectivity index (χ0n) is 14.3. The van der Waals surface area contributed by atoms with E-state index in [0.717, 1.165) is 0 Å². The molecule has 1 aromatic rings. The first-order valence-electron chi connectivity index (χ1n) is 8.07. The van der Waals surface area contributed by atoms with Crippen molar-refractivity contribution < 1.29 is 23.8 Å². The van der Waals surface area contributed by atoms with Gasteiger partial charge in [-0.1, -0.05) is 12.1 Å². The van der Waals surface area contributed by atoms with Crippen LogP contribution in [0.3, 0.4) is 0 Å².